The van der Waals surface area contributed by atoms with Crippen LogP contribution in [-0.2, 0) is 13.1 Å². The molecule has 4 heteroatoms. The smallest absolute Gasteiger partial charge is 0.150 e. The molecule has 1 aliphatic rings. The summed E-state index contributed by atoms with van der Waals surface area (Å²) in [5.74, 6) is 2.09. The molecule has 3 rings (SSSR count). The summed E-state index contributed by atoms with van der Waals surface area (Å²) in [7, 11) is 0. The summed E-state index contributed by atoms with van der Waals surface area (Å²) in [5.41, 5.74) is 9.23. The molecule has 4 N–H and O–H groups in total. The number of ether oxygens (including phenoxy) is 1. The third-order valence-electron chi connectivity index (χ3n) is 3.46. The second kappa shape index (κ2) is 5.89. The largest absolute Gasteiger partial charge is 0.456 e. The Bertz CT molecular complexity index is 665. The van der Waals surface area contributed by atoms with Crippen LogP contribution in [0.3, 0.4) is 0 Å². The van der Waals surface area contributed by atoms with E-state index in [0.717, 1.165) is 24.5 Å². The molecule has 0 atom stereocenters. The summed E-state index contributed by atoms with van der Waals surface area (Å²) in [4.78, 5) is 0. The van der Waals surface area contributed by atoms with Gasteiger partial charge in [0.15, 0.2) is 5.75 Å². The number of allylic oxidation sites excluding steroid dienone is 1. The van der Waals surface area contributed by atoms with Gasteiger partial charge in [-0.25, -0.2) is 0 Å². The molecule has 2 aromatic carbocycles. The molecule has 0 radical (unpaired) electrons. The first-order chi connectivity index (χ1) is 10.2. The first-order valence-electron chi connectivity index (χ1n) is 7.01. The third kappa shape index (κ3) is 3.17. The fourth-order valence-electron chi connectivity index (χ4n) is 2.27. The van der Waals surface area contributed by atoms with Gasteiger partial charge in [-0.15, -0.1) is 0 Å². The minimum Gasteiger partial charge on any atom is -0.456 e. The molecule has 0 saturated carbocycles. The first kappa shape index (κ1) is 13.5. The Balaban J connectivity index is 1.62. The Kier molecular flexibility index (Phi) is 3.79. The Labute approximate surface area is 124 Å². The molecule has 4 nitrogen and oxygen atoms in total. The van der Waals surface area contributed by atoms with E-state index in [4.69, 9.17) is 10.5 Å². The lowest BCUT2D eigenvalue weighted by atomic mass is 10.1. The van der Waals surface area contributed by atoms with Crippen LogP contribution in [0.2, 0.25) is 0 Å². The van der Waals surface area contributed by atoms with Crippen molar-refractivity contribution < 1.29 is 4.74 Å². The fourth-order valence-corrected chi connectivity index (χ4v) is 2.27. The van der Waals surface area contributed by atoms with Crippen molar-refractivity contribution in [3.63, 3.8) is 0 Å². The number of rotatable bonds is 4. The van der Waals surface area contributed by atoms with Gasteiger partial charge in [-0.3, -0.25) is 0 Å². The summed E-state index contributed by atoms with van der Waals surface area (Å²) < 4.78 is 5.64. The highest BCUT2D eigenvalue weighted by molar-refractivity contribution is 5.63. The molecular formula is C17H19N3O. The Morgan fingerprint density at radius 1 is 1.05 bits per heavy atom. The van der Waals surface area contributed by atoms with Crippen LogP contribution in [0.15, 0.2) is 60.1 Å². The summed E-state index contributed by atoms with van der Waals surface area (Å²) in [6.07, 6.45) is 0. The molecule has 1 aliphatic heterocycles. The van der Waals surface area contributed by atoms with Gasteiger partial charge < -0.3 is 21.1 Å². The van der Waals surface area contributed by atoms with E-state index in [1.165, 1.54) is 11.1 Å². The zero-order chi connectivity index (χ0) is 14.7. The normalized spacial score (nSPS) is 13.4. The van der Waals surface area contributed by atoms with Gasteiger partial charge in [0.1, 0.15) is 11.6 Å². The lowest BCUT2D eigenvalue weighted by molar-refractivity contribution is 0.415. The van der Waals surface area contributed by atoms with Crippen molar-refractivity contribution in [2.45, 2.75) is 20.0 Å². The van der Waals surface area contributed by atoms with E-state index in [1.54, 1.807) is 0 Å². The molecule has 0 bridgehead atoms. The average molecular weight is 281 g/mol. The maximum absolute atomic E-state index is 5.85. The van der Waals surface area contributed by atoms with Crippen molar-refractivity contribution in [3.8, 4) is 5.75 Å². The second-order valence-electron chi connectivity index (χ2n) is 5.12. The Morgan fingerprint density at radius 3 is 2.62 bits per heavy atom. The number of nitrogens with one attached hydrogen (secondary N) is 2. The van der Waals surface area contributed by atoms with E-state index in [9.17, 15) is 0 Å². The molecule has 0 unspecified atom stereocenters. The van der Waals surface area contributed by atoms with Gasteiger partial charge in [0.25, 0.3) is 0 Å². The SMILES string of the molecule is CC1=C(N)Nc2cc(CNCc3ccccc3)ccc2O1. The summed E-state index contributed by atoms with van der Waals surface area (Å²) in [5, 5.41) is 6.60. The van der Waals surface area contributed by atoms with Crippen LogP contribution in [0.5, 0.6) is 5.75 Å². The van der Waals surface area contributed by atoms with E-state index < -0.39 is 0 Å². The van der Waals surface area contributed by atoms with Crippen molar-refractivity contribution >= 4 is 5.69 Å². The van der Waals surface area contributed by atoms with Crippen LogP contribution in [0.1, 0.15) is 18.1 Å². The monoisotopic (exact) mass is 281 g/mol. The highest BCUT2D eigenvalue weighted by Gasteiger charge is 2.14. The van der Waals surface area contributed by atoms with Gasteiger partial charge in [0.2, 0.25) is 0 Å². The third-order valence-corrected chi connectivity index (χ3v) is 3.46. The van der Waals surface area contributed by atoms with Crippen LogP contribution in [0.4, 0.5) is 5.69 Å². The average Bonchev–Trinajstić information content (AvgIpc) is 2.50. The van der Waals surface area contributed by atoms with Crippen molar-refractivity contribution in [1.82, 2.24) is 5.32 Å². The number of hydrogen-bond acceptors (Lipinski definition) is 4. The van der Waals surface area contributed by atoms with E-state index >= 15 is 0 Å². The number of anilines is 1. The van der Waals surface area contributed by atoms with Crippen LogP contribution < -0.4 is 21.1 Å². The molecular weight excluding hydrogens is 262 g/mol. The van der Waals surface area contributed by atoms with E-state index in [0.29, 0.717) is 11.6 Å². The highest BCUT2D eigenvalue weighted by Crippen LogP contribution is 2.31. The van der Waals surface area contributed by atoms with E-state index in [2.05, 4.69) is 47.0 Å². The van der Waals surface area contributed by atoms with Crippen LogP contribution in [0.25, 0.3) is 0 Å². The number of hydrogen-bond donors (Lipinski definition) is 3. The molecule has 0 aromatic heterocycles. The molecule has 0 amide bonds. The molecule has 2 aromatic rings. The quantitative estimate of drug-likeness (QED) is 0.806. The first-order valence-corrected chi connectivity index (χ1v) is 7.01. The van der Waals surface area contributed by atoms with Crippen LogP contribution in [0, 0.1) is 0 Å². The standard InChI is InChI=1S/C17H19N3O/c1-12-17(18)20-15-9-14(7-8-16(15)21-12)11-19-10-13-5-3-2-4-6-13/h2-9,19-20H,10-11,18H2,1H3. The zero-order valence-corrected chi connectivity index (χ0v) is 12.0. The van der Waals surface area contributed by atoms with Crippen molar-refractivity contribution in [3.05, 3.63) is 71.2 Å². The Hall–Kier alpha value is -2.46. The van der Waals surface area contributed by atoms with E-state index in [-0.39, 0.29) is 0 Å². The zero-order valence-electron chi connectivity index (χ0n) is 12.0. The number of nitrogens with two attached hydrogens (primary N) is 1. The maximum Gasteiger partial charge on any atom is 0.150 e. The minimum absolute atomic E-state index is 0.567. The van der Waals surface area contributed by atoms with Gasteiger partial charge in [-0.1, -0.05) is 36.4 Å². The van der Waals surface area contributed by atoms with Gasteiger partial charge >= 0.3 is 0 Å². The van der Waals surface area contributed by atoms with Gasteiger partial charge in [-0.05, 0) is 30.2 Å². The molecule has 21 heavy (non-hydrogen) atoms. The van der Waals surface area contributed by atoms with Crippen molar-refractivity contribution in [2.75, 3.05) is 5.32 Å². The molecule has 1 heterocycles. The predicted octanol–water partition coefficient (Wildman–Crippen LogP) is 2.93. The van der Waals surface area contributed by atoms with Crippen LogP contribution in [-0.4, -0.2) is 0 Å². The lowest BCUT2D eigenvalue weighted by Gasteiger charge is -2.21. The predicted molar refractivity (Wildman–Crippen MR) is 84.6 cm³/mol. The number of fused-ring (bicyclic) bond motifs is 1. The van der Waals surface area contributed by atoms with Crippen LogP contribution >= 0.6 is 0 Å². The maximum atomic E-state index is 5.85. The fraction of sp³-hybridized carbons (Fsp3) is 0.176. The molecule has 0 saturated heterocycles. The Morgan fingerprint density at radius 2 is 1.81 bits per heavy atom. The number of benzene rings is 2. The van der Waals surface area contributed by atoms with Crippen molar-refractivity contribution in [1.29, 1.82) is 0 Å². The minimum atomic E-state index is 0.567. The lowest BCUT2D eigenvalue weighted by Crippen LogP contribution is -2.19. The van der Waals surface area contributed by atoms with E-state index in [1.807, 2.05) is 19.1 Å². The van der Waals surface area contributed by atoms with Gasteiger partial charge in [-0.2, -0.15) is 0 Å². The second-order valence-corrected chi connectivity index (χ2v) is 5.12. The molecule has 0 aliphatic carbocycles. The molecule has 0 fully saturated rings. The van der Waals surface area contributed by atoms with Crippen molar-refractivity contribution in [2.24, 2.45) is 5.73 Å². The summed E-state index contributed by atoms with van der Waals surface area (Å²) in [6.45, 7) is 3.50. The molecule has 0 spiro atoms. The van der Waals surface area contributed by atoms with Gasteiger partial charge in [0.05, 0.1) is 5.69 Å². The summed E-state index contributed by atoms with van der Waals surface area (Å²) >= 11 is 0. The molecule has 108 valence electrons. The highest BCUT2D eigenvalue weighted by atomic mass is 16.5. The topological polar surface area (TPSA) is 59.3 Å². The van der Waals surface area contributed by atoms with Gasteiger partial charge in [0, 0.05) is 13.1 Å². The summed E-state index contributed by atoms with van der Waals surface area (Å²) in [6, 6.07) is 16.5.